The third-order valence-electron chi connectivity index (χ3n) is 4.36. The van der Waals surface area contributed by atoms with Gasteiger partial charge < -0.3 is 4.74 Å². The number of rotatable bonds is 5. The molecule has 1 aliphatic carbocycles. The standard InChI is InChI=1S/C16H18N4O3S/c21-24(22,14-1-2-14)20-8-5-13(10-20)23-16-15(9-18-11-19-16)12-3-6-17-7-4-12/h3-4,6-7,9,11,13-14H,1-2,5,8,10H2. The van der Waals surface area contributed by atoms with Gasteiger partial charge >= 0.3 is 0 Å². The molecule has 8 heteroatoms. The third kappa shape index (κ3) is 2.99. The molecule has 7 nitrogen and oxygen atoms in total. The first kappa shape index (κ1) is 15.5. The van der Waals surface area contributed by atoms with Gasteiger partial charge in [-0.1, -0.05) is 0 Å². The van der Waals surface area contributed by atoms with Crippen molar-refractivity contribution in [1.29, 1.82) is 0 Å². The van der Waals surface area contributed by atoms with Gasteiger partial charge in [-0.3, -0.25) is 4.98 Å². The smallest absolute Gasteiger partial charge is 0.224 e. The summed E-state index contributed by atoms with van der Waals surface area (Å²) < 4.78 is 32.2. The van der Waals surface area contributed by atoms with Gasteiger partial charge in [0.05, 0.1) is 17.4 Å². The monoisotopic (exact) mass is 346 g/mol. The fourth-order valence-corrected chi connectivity index (χ4v) is 4.79. The van der Waals surface area contributed by atoms with Crippen LogP contribution in [-0.2, 0) is 10.0 Å². The van der Waals surface area contributed by atoms with E-state index in [1.807, 2.05) is 12.1 Å². The van der Waals surface area contributed by atoms with E-state index in [1.54, 1.807) is 22.9 Å². The molecule has 1 saturated carbocycles. The molecule has 2 fully saturated rings. The third-order valence-corrected chi connectivity index (χ3v) is 6.72. The Labute approximate surface area is 140 Å². The van der Waals surface area contributed by atoms with Crippen molar-refractivity contribution < 1.29 is 13.2 Å². The Bertz CT molecular complexity index is 824. The second-order valence-electron chi connectivity index (χ2n) is 6.11. The topological polar surface area (TPSA) is 85.3 Å². The van der Waals surface area contributed by atoms with Crippen molar-refractivity contribution in [1.82, 2.24) is 19.3 Å². The van der Waals surface area contributed by atoms with Gasteiger partial charge in [-0.25, -0.2) is 18.4 Å². The van der Waals surface area contributed by atoms with Crippen molar-refractivity contribution in [2.75, 3.05) is 13.1 Å². The minimum absolute atomic E-state index is 0.178. The first-order valence-electron chi connectivity index (χ1n) is 8.00. The Morgan fingerprint density at radius 3 is 2.67 bits per heavy atom. The fraction of sp³-hybridized carbons (Fsp3) is 0.438. The molecule has 126 valence electrons. The summed E-state index contributed by atoms with van der Waals surface area (Å²) in [7, 11) is -3.14. The van der Waals surface area contributed by atoms with Gasteiger partial charge in [-0.05, 0) is 37.0 Å². The average Bonchev–Trinajstić information content (AvgIpc) is 3.37. The number of hydrogen-bond donors (Lipinski definition) is 0. The van der Waals surface area contributed by atoms with Crippen molar-refractivity contribution >= 4 is 10.0 Å². The van der Waals surface area contributed by atoms with Crippen LogP contribution in [0.15, 0.2) is 37.1 Å². The largest absolute Gasteiger partial charge is 0.472 e. The van der Waals surface area contributed by atoms with Crippen LogP contribution in [0.4, 0.5) is 0 Å². The molecular weight excluding hydrogens is 328 g/mol. The van der Waals surface area contributed by atoms with Crippen LogP contribution in [0.5, 0.6) is 5.88 Å². The highest BCUT2D eigenvalue weighted by Gasteiger charge is 2.43. The summed E-state index contributed by atoms with van der Waals surface area (Å²) in [6.07, 6.45) is 8.58. The molecule has 0 bridgehead atoms. The lowest BCUT2D eigenvalue weighted by molar-refractivity contribution is 0.207. The normalized spacial score (nSPS) is 21.8. The lowest BCUT2D eigenvalue weighted by atomic mass is 10.1. The van der Waals surface area contributed by atoms with E-state index in [1.165, 1.54) is 6.33 Å². The SMILES string of the molecule is O=S(=O)(C1CC1)N1CCC(Oc2ncncc2-c2ccncc2)C1. The maximum absolute atomic E-state index is 12.3. The highest BCUT2D eigenvalue weighted by molar-refractivity contribution is 7.90. The van der Waals surface area contributed by atoms with Crippen molar-refractivity contribution in [3.8, 4) is 17.0 Å². The quantitative estimate of drug-likeness (QED) is 0.815. The predicted octanol–water partition coefficient (Wildman–Crippen LogP) is 1.48. The summed E-state index contributed by atoms with van der Waals surface area (Å²) in [6, 6.07) is 3.73. The van der Waals surface area contributed by atoms with E-state index < -0.39 is 10.0 Å². The molecule has 0 N–H and O–H groups in total. The maximum Gasteiger partial charge on any atom is 0.224 e. The lowest BCUT2D eigenvalue weighted by Gasteiger charge is -2.17. The summed E-state index contributed by atoms with van der Waals surface area (Å²) in [5.41, 5.74) is 1.70. The summed E-state index contributed by atoms with van der Waals surface area (Å²) in [5.74, 6) is 0.479. The van der Waals surface area contributed by atoms with Gasteiger partial charge in [-0.15, -0.1) is 0 Å². The molecular formula is C16H18N4O3S. The van der Waals surface area contributed by atoms with Crippen LogP contribution in [0.3, 0.4) is 0 Å². The Hall–Kier alpha value is -2.06. The summed E-state index contributed by atoms with van der Waals surface area (Å²) in [6.45, 7) is 0.901. The van der Waals surface area contributed by atoms with Gasteiger partial charge in [0.1, 0.15) is 12.4 Å². The van der Waals surface area contributed by atoms with E-state index in [0.29, 0.717) is 25.4 Å². The number of aromatic nitrogens is 3. The predicted molar refractivity (Wildman–Crippen MR) is 87.8 cm³/mol. The zero-order valence-corrected chi connectivity index (χ0v) is 13.9. The average molecular weight is 346 g/mol. The van der Waals surface area contributed by atoms with Crippen molar-refractivity contribution in [3.63, 3.8) is 0 Å². The van der Waals surface area contributed by atoms with Crippen LogP contribution in [0.25, 0.3) is 11.1 Å². The molecule has 1 unspecified atom stereocenters. The molecule has 1 atom stereocenters. The van der Waals surface area contributed by atoms with Crippen LogP contribution in [0.1, 0.15) is 19.3 Å². The zero-order valence-electron chi connectivity index (χ0n) is 13.1. The molecule has 3 heterocycles. The molecule has 1 aliphatic heterocycles. The number of hydrogen-bond acceptors (Lipinski definition) is 6. The van der Waals surface area contributed by atoms with E-state index in [0.717, 1.165) is 24.0 Å². The van der Waals surface area contributed by atoms with Crippen LogP contribution in [0.2, 0.25) is 0 Å². The molecule has 0 aromatic carbocycles. The van der Waals surface area contributed by atoms with Gasteiger partial charge in [0.2, 0.25) is 15.9 Å². The first-order valence-corrected chi connectivity index (χ1v) is 9.51. The van der Waals surface area contributed by atoms with E-state index >= 15 is 0 Å². The zero-order chi connectivity index (χ0) is 16.6. The Kier molecular flexibility index (Phi) is 3.93. The molecule has 0 radical (unpaired) electrons. The summed E-state index contributed by atoms with van der Waals surface area (Å²) >= 11 is 0. The van der Waals surface area contributed by atoms with E-state index in [4.69, 9.17) is 4.74 Å². The van der Waals surface area contributed by atoms with Gasteiger partial charge in [0.15, 0.2) is 0 Å². The molecule has 24 heavy (non-hydrogen) atoms. The highest BCUT2D eigenvalue weighted by Crippen LogP contribution is 2.34. The van der Waals surface area contributed by atoms with E-state index in [2.05, 4.69) is 15.0 Å². The minimum Gasteiger partial charge on any atom is -0.472 e. The van der Waals surface area contributed by atoms with Crippen molar-refractivity contribution in [2.24, 2.45) is 0 Å². The highest BCUT2D eigenvalue weighted by atomic mass is 32.2. The number of nitrogens with zero attached hydrogens (tertiary/aromatic N) is 4. The van der Waals surface area contributed by atoms with Gasteiger partial charge in [0, 0.05) is 25.1 Å². The molecule has 0 spiro atoms. The van der Waals surface area contributed by atoms with E-state index in [9.17, 15) is 8.42 Å². The molecule has 4 rings (SSSR count). The molecule has 2 aliphatic rings. The van der Waals surface area contributed by atoms with Crippen LogP contribution < -0.4 is 4.74 Å². The molecule has 0 amide bonds. The van der Waals surface area contributed by atoms with Crippen LogP contribution in [0, 0.1) is 0 Å². The number of ether oxygens (including phenoxy) is 1. The van der Waals surface area contributed by atoms with Crippen LogP contribution in [-0.4, -0.2) is 52.1 Å². The van der Waals surface area contributed by atoms with Crippen molar-refractivity contribution in [2.45, 2.75) is 30.6 Å². The van der Waals surface area contributed by atoms with Crippen molar-refractivity contribution in [3.05, 3.63) is 37.1 Å². The lowest BCUT2D eigenvalue weighted by Crippen LogP contribution is -2.33. The summed E-state index contributed by atoms with van der Waals surface area (Å²) in [5, 5.41) is -0.178. The molecule has 2 aromatic rings. The Morgan fingerprint density at radius 2 is 1.92 bits per heavy atom. The maximum atomic E-state index is 12.3. The second kappa shape index (κ2) is 6.10. The molecule has 2 aromatic heterocycles. The summed E-state index contributed by atoms with van der Waals surface area (Å²) in [4.78, 5) is 12.3. The minimum atomic E-state index is -3.14. The first-order chi connectivity index (χ1) is 11.6. The number of pyridine rings is 1. The Balaban J connectivity index is 1.51. The van der Waals surface area contributed by atoms with Gasteiger partial charge in [0.25, 0.3) is 0 Å². The molecule has 1 saturated heterocycles. The number of sulfonamides is 1. The van der Waals surface area contributed by atoms with Crippen LogP contribution >= 0.6 is 0 Å². The second-order valence-corrected chi connectivity index (χ2v) is 8.32. The Morgan fingerprint density at radius 1 is 1.12 bits per heavy atom. The van der Waals surface area contributed by atoms with Gasteiger partial charge in [-0.2, -0.15) is 4.31 Å². The fourth-order valence-electron chi connectivity index (χ4n) is 2.90. The van der Waals surface area contributed by atoms with E-state index in [-0.39, 0.29) is 11.4 Å².